The van der Waals surface area contributed by atoms with E-state index in [9.17, 15) is 31.1 Å². The van der Waals surface area contributed by atoms with Crippen LogP contribution < -0.4 is 0 Å². The Labute approximate surface area is 95.3 Å². The third-order valence-corrected chi connectivity index (χ3v) is 1.79. The standard InChI is InChI=1S/C7H5F6N3O2/c1-18-4(17)3-2-16(15-14-3)7(12,13)5(8)6(9,10)11/h2,5H,1H3. The van der Waals surface area contributed by atoms with Gasteiger partial charge in [-0.15, -0.1) is 5.10 Å². The number of aromatic nitrogens is 3. The quantitative estimate of drug-likeness (QED) is 0.620. The average molecular weight is 277 g/mol. The normalized spacial score (nSPS) is 14.4. The molecular weight excluding hydrogens is 272 g/mol. The summed E-state index contributed by atoms with van der Waals surface area (Å²) in [6, 6.07) is -5.02. The Balaban J connectivity index is 3.06. The number of methoxy groups -OCH3 is 1. The maximum absolute atomic E-state index is 13.0. The molecule has 0 aliphatic heterocycles. The van der Waals surface area contributed by atoms with Crippen LogP contribution in [-0.4, -0.2) is 40.4 Å². The number of ether oxygens (including phenoxy) is 1. The van der Waals surface area contributed by atoms with Gasteiger partial charge in [0.05, 0.1) is 13.3 Å². The van der Waals surface area contributed by atoms with Gasteiger partial charge in [0.25, 0.3) is 6.17 Å². The Kier molecular flexibility index (Phi) is 3.53. The van der Waals surface area contributed by atoms with Gasteiger partial charge in [0.2, 0.25) is 0 Å². The predicted octanol–water partition coefficient (Wildman–Crippen LogP) is 1.51. The molecule has 11 heteroatoms. The lowest BCUT2D eigenvalue weighted by molar-refractivity contribution is -0.276. The first-order valence-corrected chi connectivity index (χ1v) is 4.20. The van der Waals surface area contributed by atoms with E-state index in [1.807, 2.05) is 0 Å². The van der Waals surface area contributed by atoms with Gasteiger partial charge in [-0.25, -0.2) is 9.18 Å². The van der Waals surface area contributed by atoms with Crippen LogP contribution in [-0.2, 0) is 10.8 Å². The predicted molar refractivity (Wildman–Crippen MR) is 42.5 cm³/mol. The fraction of sp³-hybridized carbons (Fsp3) is 0.571. The Bertz CT molecular complexity index is 443. The number of hydrogen-bond acceptors (Lipinski definition) is 4. The molecule has 0 saturated heterocycles. The summed E-state index contributed by atoms with van der Waals surface area (Å²) in [5.41, 5.74) is -0.772. The van der Waals surface area contributed by atoms with Gasteiger partial charge in [0.1, 0.15) is 0 Å². The summed E-state index contributed by atoms with van der Waals surface area (Å²) in [4.78, 5) is 10.8. The number of nitrogens with zero attached hydrogens (tertiary/aromatic N) is 3. The van der Waals surface area contributed by atoms with E-state index in [-0.39, 0.29) is 6.20 Å². The molecule has 0 saturated carbocycles. The second-order valence-electron chi connectivity index (χ2n) is 3.03. The summed E-state index contributed by atoms with van der Waals surface area (Å²) in [5.74, 6) is -1.19. The number of halogens is 6. The summed E-state index contributed by atoms with van der Waals surface area (Å²) in [6.45, 7) is 0. The molecule has 0 bridgehead atoms. The van der Waals surface area contributed by atoms with E-state index >= 15 is 0 Å². The molecule has 0 fully saturated rings. The van der Waals surface area contributed by atoms with E-state index < -0.39 is 34.7 Å². The summed E-state index contributed by atoms with van der Waals surface area (Å²) < 4.78 is 77.6. The average Bonchev–Trinajstić information content (AvgIpc) is 2.75. The first kappa shape index (κ1) is 14.3. The molecule has 0 aliphatic carbocycles. The Morgan fingerprint density at radius 2 is 1.94 bits per heavy atom. The van der Waals surface area contributed by atoms with Crippen molar-refractivity contribution in [1.82, 2.24) is 15.0 Å². The van der Waals surface area contributed by atoms with E-state index in [0.29, 0.717) is 0 Å². The molecule has 1 rings (SSSR count). The van der Waals surface area contributed by atoms with Crippen LogP contribution in [0.4, 0.5) is 26.3 Å². The zero-order chi connectivity index (χ0) is 14.1. The number of carbonyl (C=O) groups is 1. The fourth-order valence-corrected chi connectivity index (χ4v) is 0.921. The molecule has 0 aromatic carbocycles. The lowest BCUT2D eigenvalue weighted by atomic mass is 10.3. The maximum atomic E-state index is 13.0. The first-order valence-electron chi connectivity index (χ1n) is 4.20. The molecule has 0 amide bonds. The van der Waals surface area contributed by atoms with Crippen LogP contribution in [0.15, 0.2) is 6.20 Å². The first-order chi connectivity index (χ1) is 8.10. The highest BCUT2D eigenvalue weighted by atomic mass is 19.4. The minimum Gasteiger partial charge on any atom is -0.464 e. The van der Waals surface area contributed by atoms with Crippen LogP contribution in [0, 0.1) is 0 Å². The van der Waals surface area contributed by atoms with Crippen LogP contribution >= 0.6 is 0 Å². The SMILES string of the molecule is COC(=O)c1cn(C(F)(F)C(F)C(F)(F)F)nn1. The molecule has 0 radical (unpaired) electrons. The van der Waals surface area contributed by atoms with Crippen LogP contribution in [0.5, 0.6) is 0 Å². The van der Waals surface area contributed by atoms with Gasteiger partial charge in [0.15, 0.2) is 5.69 Å². The molecule has 18 heavy (non-hydrogen) atoms. The van der Waals surface area contributed by atoms with E-state index in [4.69, 9.17) is 0 Å². The zero-order valence-corrected chi connectivity index (χ0v) is 8.58. The van der Waals surface area contributed by atoms with Crippen LogP contribution in [0.1, 0.15) is 10.5 Å². The Morgan fingerprint density at radius 3 is 2.39 bits per heavy atom. The minimum atomic E-state index is -5.78. The summed E-state index contributed by atoms with van der Waals surface area (Å²) in [5, 5.41) is 5.41. The number of rotatable bonds is 3. The van der Waals surface area contributed by atoms with Gasteiger partial charge in [-0.3, -0.25) is 0 Å². The Morgan fingerprint density at radius 1 is 1.39 bits per heavy atom. The van der Waals surface area contributed by atoms with Gasteiger partial charge in [-0.05, 0) is 0 Å². The molecule has 1 heterocycles. The van der Waals surface area contributed by atoms with Crippen molar-refractivity contribution in [2.24, 2.45) is 0 Å². The molecule has 1 unspecified atom stereocenters. The van der Waals surface area contributed by atoms with Crippen molar-refractivity contribution in [3.63, 3.8) is 0 Å². The lowest BCUT2D eigenvalue weighted by Crippen LogP contribution is -2.44. The topological polar surface area (TPSA) is 57.0 Å². The fourth-order valence-electron chi connectivity index (χ4n) is 0.921. The number of alkyl halides is 6. The van der Waals surface area contributed by atoms with Crippen LogP contribution in [0.2, 0.25) is 0 Å². The monoisotopic (exact) mass is 277 g/mol. The van der Waals surface area contributed by atoms with E-state index in [1.54, 1.807) is 0 Å². The minimum absolute atomic E-state index is 0.157. The third kappa shape index (κ3) is 2.54. The van der Waals surface area contributed by atoms with Crippen molar-refractivity contribution < 1.29 is 35.9 Å². The molecule has 1 aromatic heterocycles. The van der Waals surface area contributed by atoms with Gasteiger partial charge < -0.3 is 4.74 Å². The zero-order valence-electron chi connectivity index (χ0n) is 8.58. The van der Waals surface area contributed by atoms with Crippen molar-refractivity contribution in [1.29, 1.82) is 0 Å². The van der Waals surface area contributed by atoms with Gasteiger partial charge in [-0.1, -0.05) is 5.21 Å². The second-order valence-corrected chi connectivity index (χ2v) is 3.03. The molecule has 5 nitrogen and oxygen atoms in total. The van der Waals surface area contributed by atoms with Crippen molar-refractivity contribution in [2.45, 2.75) is 18.4 Å². The highest BCUT2D eigenvalue weighted by Gasteiger charge is 2.59. The Hall–Kier alpha value is -1.81. The number of esters is 1. The van der Waals surface area contributed by atoms with Gasteiger partial charge in [0, 0.05) is 0 Å². The number of hydrogen-bond donors (Lipinski definition) is 0. The maximum Gasteiger partial charge on any atom is 0.427 e. The molecule has 0 spiro atoms. The smallest absolute Gasteiger partial charge is 0.427 e. The number of carbonyl (C=O) groups excluding carboxylic acids is 1. The largest absolute Gasteiger partial charge is 0.464 e. The van der Waals surface area contributed by atoms with E-state index in [1.165, 1.54) is 0 Å². The van der Waals surface area contributed by atoms with Crippen molar-refractivity contribution in [3.05, 3.63) is 11.9 Å². The van der Waals surface area contributed by atoms with Gasteiger partial charge >= 0.3 is 18.2 Å². The molecule has 102 valence electrons. The summed E-state index contributed by atoms with van der Waals surface area (Å²) in [6.07, 6.45) is -10.1. The van der Waals surface area contributed by atoms with Gasteiger partial charge in [-0.2, -0.15) is 26.6 Å². The third-order valence-electron chi connectivity index (χ3n) is 1.79. The van der Waals surface area contributed by atoms with Crippen molar-refractivity contribution in [3.8, 4) is 0 Å². The van der Waals surface area contributed by atoms with E-state index in [0.717, 1.165) is 7.11 Å². The summed E-state index contributed by atoms with van der Waals surface area (Å²) >= 11 is 0. The highest BCUT2D eigenvalue weighted by molar-refractivity contribution is 5.86. The van der Waals surface area contributed by atoms with Crippen LogP contribution in [0.25, 0.3) is 0 Å². The molecular formula is C7H5F6N3O2. The van der Waals surface area contributed by atoms with Crippen LogP contribution in [0.3, 0.4) is 0 Å². The molecule has 1 aromatic rings. The molecule has 0 N–H and O–H groups in total. The molecule has 0 aliphatic rings. The van der Waals surface area contributed by atoms with Crippen molar-refractivity contribution in [2.75, 3.05) is 7.11 Å². The second kappa shape index (κ2) is 4.46. The van der Waals surface area contributed by atoms with Crippen molar-refractivity contribution >= 4 is 5.97 Å². The van der Waals surface area contributed by atoms with E-state index in [2.05, 4.69) is 15.0 Å². The lowest BCUT2D eigenvalue weighted by Gasteiger charge is -2.21. The highest BCUT2D eigenvalue weighted by Crippen LogP contribution is 2.37. The summed E-state index contributed by atoms with van der Waals surface area (Å²) in [7, 11) is 0.896. The molecule has 1 atom stereocenters.